The summed E-state index contributed by atoms with van der Waals surface area (Å²) in [6, 6.07) is 0. The lowest BCUT2D eigenvalue weighted by atomic mass is 9.95. The number of fused-ring (bicyclic) bond motifs is 2. The van der Waals surface area contributed by atoms with Gasteiger partial charge in [0, 0.05) is 29.5 Å². The van der Waals surface area contributed by atoms with E-state index in [4.69, 9.17) is 19.9 Å². The molecule has 1 aromatic carbocycles. The highest BCUT2D eigenvalue weighted by Crippen LogP contribution is 2.51. The highest BCUT2D eigenvalue weighted by molar-refractivity contribution is 5.66. The molecule has 0 spiro atoms. The van der Waals surface area contributed by atoms with E-state index in [1.165, 1.54) is 11.1 Å². The number of methoxy groups -OCH3 is 1. The zero-order chi connectivity index (χ0) is 13.6. The van der Waals surface area contributed by atoms with Crippen LogP contribution in [0, 0.1) is 0 Å². The van der Waals surface area contributed by atoms with Gasteiger partial charge in [-0.05, 0) is 26.8 Å². The van der Waals surface area contributed by atoms with Gasteiger partial charge in [-0.2, -0.15) is 0 Å². The Balaban J connectivity index is 2.21. The topological polar surface area (TPSA) is 53.7 Å². The molecule has 0 aromatic heterocycles. The van der Waals surface area contributed by atoms with Crippen LogP contribution in [0.25, 0.3) is 0 Å². The van der Waals surface area contributed by atoms with Crippen LogP contribution in [0.15, 0.2) is 0 Å². The summed E-state index contributed by atoms with van der Waals surface area (Å²) in [6.45, 7) is 4.79. The van der Waals surface area contributed by atoms with Gasteiger partial charge in [0.15, 0.2) is 11.5 Å². The summed E-state index contributed by atoms with van der Waals surface area (Å²) >= 11 is 0. The summed E-state index contributed by atoms with van der Waals surface area (Å²) < 4.78 is 17.6. The molecule has 2 aliphatic heterocycles. The van der Waals surface area contributed by atoms with Crippen molar-refractivity contribution >= 4 is 0 Å². The van der Waals surface area contributed by atoms with Gasteiger partial charge in [0.1, 0.15) is 18.0 Å². The Morgan fingerprint density at radius 3 is 2.37 bits per heavy atom. The lowest BCUT2D eigenvalue weighted by molar-refractivity contribution is 0.242. The molecule has 2 N–H and O–H groups in total. The lowest BCUT2D eigenvalue weighted by Gasteiger charge is -2.16. The van der Waals surface area contributed by atoms with E-state index >= 15 is 0 Å². The van der Waals surface area contributed by atoms with Gasteiger partial charge in [0.25, 0.3) is 0 Å². The normalized spacial score (nSPS) is 23.6. The summed E-state index contributed by atoms with van der Waals surface area (Å²) in [4.78, 5) is 0. The molecule has 2 unspecified atom stereocenters. The van der Waals surface area contributed by atoms with E-state index in [-0.39, 0.29) is 12.2 Å². The van der Waals surface area contributed by atoms with Gasteiger partial charge >= 0.3 is 0 Å². The number of hydrogen-bond donors (Lipinski definition) is 1. The highest BCUT2D eigenvalue weighted by Gasteiger charge is 2.35. The van der Waals surface area contributed by atoms with Crippen molar-refractivity contribution < 1.29 is 14.2 Å². The van der Waals surface area contributed by atoms with Crippen LogP contribution in [0.3, 0.4) is 0 Å². The molecule has 0 bridgehead atoms. The van der Waals surface area contributed by atoms with Crippen LogP contribution in [0.4, 0.5) is 0 Å². The third-order valence-corrected chi connectivity index (χ3v) is 3.89. The van der Waals surface area contributed by atoms with Gasteiger partial charge in [-0.15, -0.1) is 0 Å². The van der Waals surface area contributed by atoms with Crippen molar-refractivity contribution in [2.75, 3.05) is 13.7 Å². The highest BCUT2D eigenvalue weighted by atomic mass is 16.5. The first-order chi connectivity index (χ1) is 9.15. The summed E-state index contributed by atoms with van der Waals surface area (Å²) in [7, 11) is 1.70. The summed E-state index contributed by atoms with van der Waals surface area (Å²) in [6.07, 6.45) is 3.01. The molecule has 0 radical (unpaired) electrons. The van der Waals surface area contributed by atoms with Crippen LogP contribution in [-0.2, 0) is 19.3 Å². The summed E-state index contributed by atoms with van der Waals surface area (Å²) in [5, 5.41) is 0. The third-order valence-electron chi connectivity index (χ3n) is 3.89. The number of hydrogen-bond acceptors (Lipinski definition) is 4. The second kappa shape index (κ2) is 4.60. The Hall–Kier alpha value is -1.42. The Morgan fingerprint density at radius 1 is 1.11 bits per heavy atom. The third kappa shape index (κ3) is 1.86. The molecule has 3 rings (SSSR count). The van der Waals surface area contributed by atoms with Crippen molar-refractivity contribution in [3.05, 3.63) is 16.7 Å². The molecule has 2 aliphatic rings. The quantitative estimate of drug-likeness (QED) is 0.904. The predicted molar refractivity (Wildman–Crippen MR) is 73.3 cm³/mol. The van der Waals surface area contributed by atoms with Crippen LogP contribution in [0.2, 0.25) is 0 Å². The van der Waals surface area contributed by atoms with Gasteiger partial charge in [-0.25, -0.2) is 0 Å². The second-order valence-corrected chi connectivity index (χ2v) is 5.43. The van der Waals surface area contributed by atoms with Crippen molar-refractivity contribution in [1.82, 2.24) is 0 Å². The van der Waals surface area contributed by atoms with Crippen LogP contribution >= 0.6 is 0 Å². The summed E-state index contributed by atoms with van der Waals surface area (Å²) in [5.41, 5.74) is 9.35. The number of ether oxygens (including phenoxy) is 3. The molecule has 0 aliphatic carbocycles. The molecular formula is C15H21NO3. The average molecular weight is 263 g/mol. The Bertz CT molecular complexity index is 474. The van der Waals surface area contributed by atoms with E-state index in [1.807, 2.05) is 0 Å². The molecular weight excluding hydrogens is 242 g/mol. The molecule has 1 aromatic rings. The molecule has 0 saturated heterocycles. The predicted octanol–water partition coefficient (Wildman–Crippen LogP) is 1.84. The van der Waals surface area contributed by atoms with Crippen molar-refractivity contribution in [2.45, 2.75) is 45.3 Å². The number of nitrogens with two attached hydrogens (primary N) is 1. The molecule has 19 heavy (non-hydrogen) atoms. The van der Waals surface area contributed by atoms with E-state index < -0.39 is 0 Å². The van der Waals surface area contributed by atoms with E-state index in [9.17, 15) is 0 Å². The standard InChI is InChI=1S/C15H21NO3/c1-8-6-11-10(4-5-16)13-12(7-9(2)18-13)14(17-3)15(11)19-8/h8-9H,4-7,16H2,1-3H3. The van der Waals surface area contributed by atoms with Gasteiger partial charge in [0.2, 0.25) is 0 Å². The van der Waals surface area contributed by atoms with Crippen LogP contribution in [0.1, 0.15) is 30.5 Å². The molecule has 4 heteroatoms. The zero-order valence-corrected chi connectivity index (χ0v) is 11.8. The van der Waals surface area contributed by atoms with Crippen LogP contribution in [-0.4, -0.2) is 25.9 Å². The maximum atomic E-state index is 6.00. The summed E-state index contributed by atoms with van der Waals surface area (Å²) in [5.74, 6) is 2.76. The first-order valence-electron chi connectivity index (χ1n) is 6.93. The monoisotopic (exact) mass is 263 g/mol. The maximum absolute atomic E-state index is 6.00. The molecule has 0 fully saturated rings. The minimum Gasteiger partial charge on any atom is -0.492 e. The van der Waals surface area contributed by atoms with E-state index in [0.717, 1.165) is 42.1 Å². The van der Waals surface area contributed by atoms with Gasteiger partial charge in [-0.3, -0.25) is 0 Å². The Morgan fingerprint density at radius 2 is 1.74 bits per heavy atom. The van der Waals surface area contributed by atoms with Crippen molar-refractivity contribution in [3.63, 3.8) is 0 Å². The Labute approximate surface area is 113 Å². The number of rotatable bonds is 3. The van der Waals surface area contributed by atoms with Crippen molar-refractivity contribution in [3.8, 4) is 17.2 Å². The second-order valence-electron chi connectivity index (χ2n) is 5.43. The van der Waals surface area contributed by atoms with Crippen LogP contribution < -0.4 is 19.9 Å². The molecule has 0 amide bonds. The largest absolute Gasteiger partial charge is 0.492 e. The lowest BCUT2D eigenvalue weighted by Crippen LogP contribution is -2.10. The zero-order valence-electron chi connectivity index (χ0n) is 11.8. The first-order valence-corrected chi connectivity index (χ1v) is 6.93. The molecule has 104 valence electrons. The SMILES string of the molecule is COc1c2c(c(CCN)c3c1OC(C)C3)OC(C)C2. The number of benzene rings is 1. The fourth-order valence-corrected chi connectivity index (χ4v) is 3.19. The van der Waals surface area contributed by atoms with E-state index in [2.05, 4.69) is 13.8 Å². The van der Waals surface area contributed by atoms with Gasteiger partial charge < -0.3 is 19.9 Å². The minimum atomic E-state index is 0.195. The fourth-order valence-electron chi connectivity index (χ4n) is 3.19. The fraction of sp³-hybridized carbons (Fsp3) is 0.600. The van der Waals surface area contributed by atoms with Crippen molar-refractivity contribution in [2.24, 2.45) is 5.73 Å². The Kier molecular flexibility index (Phi) is 3.05. The molecule has 2 heterocycles. The van der Waals surface area contributed by atoms with Gasteiger partial charge in [-0.1, -0.05) is 0 Å². The molecule has 2 atom stereocenters. The van der Waals surface area contributed by atoms with Crippen molar-refractivity contribution in [1.29, 1.82) is 0 Å². The molecule has 0 saturated carbocycles. The van der Waals surface area contributed by atoms with Crippen LogP contribution in [0.5, 0.6) is 17.2 Å². The maximum Gasteiger partial charge on any atom is 0.168 e. The molecule has 4 nitrogen and oxygen atoms in total. The van der Waals surface area contributed by atoms with E-state index in [1.54, 1.807) is 7.11 Å². The smallest absolute Gasteiger partial charge is 0.168 e. The average Bonchev–Trinajstić information content (AvgIpc) is 2.92. The van der Waals surface area contributed by atoms with Gasteiger partial charge in [0.05, 0.1) is 7.11 Å². The minimum absolute atomic E-state index is 0.195. The first kappa shape index (κ1) is 12.6. The van der Waals surface area contributed by atoms with E-state index in [0.29, 0.717) is 6.54 Å².